The Morgan fingerprint density at radius 1 is 0.347 bits per heavy atom. The van der Waals surface area contributed by atoms with Crippen molar-refractivity contribution < 1.29 is 19.5 Å². The molecule has 0 fully saturated rings. The summed E-state index contributed by atoms with van der Waals surface area (Å²) in [5.41, 5.74) is 3.60. The maximum atomic E-state index is 9.58. The lowest BCUT2D eigenvalue weighted by molar-refractivity contribution is 0.670. The summed E-state index contributed by atoms with van der Waals surface area (Å²) in [5, 5.41) is 5.59. The van der Waals surface area contributed by atoms with Gasteiger partial charge in [0.1, 0.15) is 11.2 Å². The first-order valence-corrected chi connectivity index (χ1v) is 16.0. The summed E-state index contributed by atoms with van der Waals surface area (Å²) in [4.78, 5) is 0. The second kappa shape index (κ2) is 11.1. The molecule has 0 aliphatic heterocycles. The van der Waals surface area contributed by atoms with Crippen LogP contribution in [0.25, 0.3) is 98.8 Å². The lowest BCUT2D eigenvalue weighted by atomic mass is 9.84. The maximum absolute atomic E-state index is 9.58. The van der Waals surface area contributed by atoms with Crippen LogP contribution >= 0.6 is 0 Å². The van der Waals surface area contributed by atoms with Crippen molar-refractivity contribution in [1.82, 2.24) is 0 Å². The number of para-hydroxylation sites is 1. The smallest absolute Gasteiger partial charge is 0.143 e. The number of hydrogen-bond donors (Lipinski definition) is 0. The first-order chi connectivity index (χ1) is 28.9. The van der Waals surface area contributed by atoms with Gasteiger partial charge in [-0.1, -0.05) is 170 Å². The predicted molar refractivity (Wildman–Crippen MR) is 208 cm³/mol. The fraction of sp³-hybridized carbons (Fsp3) is 0. The summed E-state index contributed by atoms with van der Waals surface area (Å²) in [5.74, 6) is 0. The van der Waals surface area contributed by atoms with Gasteiger partial charge in [-0.15, -0.1) is 0 Å². The van der Waals surface area contributed by atoms with Crippen LogP contribution in [0.4, 0.5) is 0 Å². The van der Waals surface area contributed by atoms with Crippen LogP contribution in [-0.2, 0) is 0 Å². The maximum Gasteiger partial charge on any atom is 0.143 e. The zero-order chi connectivity index (χ0) is 41.9. The van der Waals surface area contributed by atoms with E-state index in [-0.39, 0.29) is 51.2 Å². The highest BCUT2D eigenvalue weighted by Crippen LogP contribution is 2.47. The fourth-order valence-electron chi connectivity index (χ4n) is 7.17. The van der Waals surface area contributed by atoms with Gasteiger partial charge < -0.3 is 4.42 Å². The lowest BCUT2D eigenvalue weighted by Gasteiger charge is -2.19. The molecule has 228 valence electrons. The Morgan fingerprint density at radius 2 is 0.939 bits per heavy atom. The van der Waals surface area contributed by atoms with Crippen molar-refractivity contribution in [2.75, 3.05) is 0 Å². The third-order valence-corrected chi connectivity index (χ3v) is 9.27. The van der Waals surface area contributed by atoms with Gasteiger partial charge in [0.15, 0.2) is 0 Å². The zero-order valence-electron chi connectivity index (χ0n) is 36.9. The third-order valence-electron chi connectivity index (χ3n) is 9.27. The van der Waals surface area contributed by atoms with E-state index in [9.17, 15) is 4.11 Å². The van der Waals surface area contributed by atoms with Gasteiger partial charge >= 0.3 is 0 Å². The van der Waals surface area contributed by atoms with Crippen LogP contribution in [0, 0.1) is 0 Å². The Kier molecular flexibility index (Phi) is 4.25. The van der Waals surface area contributed by atoms with Gasteiger partial charge in [-0.25, -0.2) is 0 Å². The molecule has 0 aliphatic rings. The molecule has 1 heterocycles. The van der Waals surface area contributed by atoms with Crippen LogP contribution in [0.3, 0.4) is 0 Å². The largest absolute Gasteiger partial charge is 0.455 e. The molecule has 0 saturated carbocycles. The molecule has 0 radical (unpaired) electrons. The van der Waals surface area contributed by atoms with E-state index in [1.54, 1.807) is 0 Å². The minimum absolute atomic E-state index is 0.0940. The molecule has 0 N–H and O–H groups in total. The monoisotopic (exact) mass is 633 g/mol. The molecule has 1 aromatic heterocycles. The first kappa shape index (κ1) is 18.8. The van der Waals surface area contributed by atoms with E-state index >= 15 is 0 Å². The molecule has 0 bridgehead atoms. The number of rotatable bonds is 4. The number of fused-ring (bicyclic) bond motifs is 6. The normalized spacial score (nSPS) is 14.8. The van der Waals surface area contributed by atoms with Crippen LogP contribution in [0.2, 0.25) is 0 Å². The second-order valence-electron chi connectivity index (χ2n) is 11.9. The molecule has 9 aromatic carbocycles. The summed E-state index contributed by atoms with van der Waals surface area (Å²) in [6.07, 6.45) is 0. The molecule has 1 heteroatoms. The Balaban J connectivity index is 1.27. The summed E-state index contributed by atoms with van der Waals surface area (Å²) < 4.78 is 103. The molecule has 0 amide bonds. The fourth-order valence-corrected chi connectivity index (χ4v) is 7.17. The first-order valence-electron chi connectivity index (χ1n) is 21.5. The standard InChI is InChI=1S/C48H30O/c1-3-14-31(15-4-1)35-24-13-25-44-38-27-26-33(30-45(38)49-48(35)44)34-28-29-43(37-19-8-7-18-36(34)37)47-41-22-11-9-20-39(41)46(32-16-5-2-6-17-32)40-21-10-12-23-42(40)47/h1-30H/i1D,3D,4D,13D,14D,15D,24D,25D,26D,27D,30D. The van der Waals surface area contributed by atoms with E-state index in [1.807, 2.05) is 78.9 Å². The lowest BCUT2D eigenvalue weighted by Crippen LogP contribution is -1.92. The van der Waals surface area contributed by atoms with Crippen molar-refractivity contribution >= 4 is 54.3 Å². The molecule has 10 aromatic rings. The van der Waals surface area contributed by atoms with E-state index in [4.69, 9.17) is 15.4 Å². The topological polar surface area (TPSA) is 13.1 Å². The van der Waals surface area contributed by atoms with Crippen molar-refractivity contribution in [3.63, 3.8) is 0 Å². The van der Waals surface area contributed by atoms with Gasteiger partial charge in [0.25, 0.3) is 0 Å². The van der Waals surface area contributed by atoms with Gasteiger partial charge in [0, 0.05) is 16.3 Å². The molecule has 0 aliphatic carbocycles. The molecule has 1 nitrogen and oxygen atoms in total. The minimum atomic E-state index is -0.655. The van der Waals surface area contributed by atoms with Gasteiger partial charge in [-0.3, -0.25) is 0 Å². The van der Waals surface area contributed by atoms with Crippen LogP contribution in [-0.4, -0.2) is 0 Å². The molecule has 0 unspecified atom stereocenters. The SMILES string of the molecule is [2H]c1c([2H])c([2H])c(-c2c([2H])c([2H])c([2H])c3c2oc2c([2H])c(-c4ccc(-c5c6ccccc6c(-c6ccccc6)c6ccccc56)c5ccccc45)c([2H])c([2H])c23)c([2H])c1[2H]. The average molecular weight is 634 g/mol. The van der Waals surface area contributed by atoms with Crippen LogP contribution < -0.4 is 0 Å². The summed E-state index contributed by atoms with van der Waals surface area (Å²) >= 11 is 0. The number of furan rings is 1. The van der Waals surface area contributed by atoms with Crippen molar-refractivity contribution in [3.8, 4) is 44.5 Å². The van der Waals surface area contributed by atoms with Gasteiger partial charge in [-0.2, -0.15) is 0 Å². The van der Waals surface area contributed by atoms with E-state index in [0.717, 1.165) is 54.6 Å². The number of benzene rings is 9. The molecule has 10 rings (SSSR count). The predicted octanol–water partition coefficient (Wildman–Crippen LogP) is 13.7. The van der Waals surface area contributed by atoms with Crippen LogP contribution in [0.5, 0.6) is 0 Å². The average Bonchev–Trinajstić information content (AvgIpc) is 3.68. The van der Waals surface area contributed by atoms with Crippen molar-refractivity contribution in [1.29, 1.82) is 0 Å². The Hall–Kier alpha value is -6.44. The molecule has 0 atom stereocenters. The number of hydrogen-bond acceptors (Lipinski definition) is 1. The van der Waals surface area contributed by atoms with Gasteiger partial charge in [0.2, 0.25) is 0 Å². The van der Waals surface area contributed by atoms with Gasteiger partial charge in [-0.05, 0) is 83.3 Å². The Labute approximate surface area is 299 Å². The summed E-state index contributed by atoms with van der Waals surface area (Å²) in [7, 11) is 0. The van der Waals surface area contributed by atoms with Crippen LogP contribution in [0.15, 0.2) is 186 Å². The molecule has 0 spiro atoms. The highest BCUT2D eigenvalue weighted by atomic mass is 16.3. The van der Waals surface area contributed by atoms with Crippen molar-refractivity contribution in [3.05, 3.63) is 182 Å². The van der Waals surface area contributed by atoms with Crippen molar-refractivity contribution in [2.24, 2.45) is 0 Å². The molecule has 49 heavy (non-hydrogen) atoms. The zero-order valence-corrected chi connectivity index (χ0v) is 25.9. The Morgan fingerprint density at radius 3 is 1.63 bits per heavy atom. The highest BCUT2D eigenvalue weighted by Gasteiger charge is 2.19. The summed E-state index contributed by atoms with van der Waals surface area (Å²) in [6, 6.07) is 32.7. The van der Waals surface area contributed by atoms with E-state index in [1.165, 1.54) is 0 Å². The van der Waals surface area contributed by atoms with Crippen molar-refractivity contribution in [2.45, 2.75) is 0 Å². The molecule has 0 saturated heterocycles. The third kappa shape index (κ3) is 4.33. The van der Waals surface area contributed by atoms with E-state index in [0.29, 0.717) is 5.56 Å². The van der Waals surface area contributed by atoms with E-state index < -0.39 is 53.9 Å². The highest BCUT2D eigenvalue weighted by molar-refractivity contribution is 6.24. The Bertz CT molecular complexity index is 3420. The second-order valence-corrected chi connectivity index (χ2v) is 11.9. The molecular weight excluding hydrogens is 593 g/mol. The minimum Gasteiger partial charge on any atom is -0.455 e. The quantitative estimate of drug-likeness (QED) is 0.176. The van der Waals surface area contributed by atoms with Crippen LogP contribution in [0.1, 0.15) is 15.1 Å². The summed E-state index contributed by atoms with van der Waals surface area (Å²) in [6.45, 7) is 0. The van der Waals surface area contributed by atoms with Gasteiger partial charge in [0.05, 0.1) is 15.1 Å². The van der Waals surface area contributed by atoms with E-state index in [2.05, 4.69) is 36.4 Å². The molecular formula is C48H30O.